The van der Waals surface area contributed by atoms with Gasteiger partial charge in [-0.15, -0.1) is 11.3 Å². The van der Waals surface area contributed by atoms with Gasteiger partial charge in [0.1, 0.15) is 12.4 Å². The summed E-state index contributed by atoms with van der Waals surface area (Å²) in [7, 11) is 0. The minimum Gasteiger partial charge on any atom is -0.488 e. The van der Waals surface area contributed by atoms with Gasteiger partial charge in [0.25, 0.3) is 0 Å². The van der Waals surface area contributed by atoms with Crippen LogP contribution in [0.4, 0.5) is 5.69 Å². The smallest absolute Gasteiger partial charge is 0.122 e. The van der Waals surface area contributed by atoms with E-state index in [9.17, 15) is 0 Å². The molecular formula is C12H12ClNOS. The zero-order valence-corrected chi connectivity index (χ0v) is 10.4. The Labute approximate surface area is 104 Å². The maximum Gasteiger partial charge on any atom is 0.122 e. The van der Waals surface area contributed by atoms with Gasteiger partial charge in [-0.05, 0) is 42.8 Å². The van der Waals surface area contributed by atoms with Crippen LogP contribution in [0.1, 0.15) is 10.4 Å². The van der Waals surface area contributed by atoms with Crippen molar-refractivity contribution in [1.82, 2.24) is 0 Å². The van der Waals surface area contributed by atoms with Crippen molar-refractivity contribution in [3.8, 4) is 5.75 Å². The number of anilines is 1. The molecule has 0 unspecified atom stereocenters. The van der Waals surface area contributed by atoms with E-state index in [0.29, 0.717) is 6.61 Å². The molecule has 0 saturated heterocycles. The number of aryl methyl sites for hydroxylation is 1. The summed E-state index contributed by atoms with van der Waals surface area (Å²) >= 11 is 7.36. The van der Waals surface area contributed by atoms with Crippen LogP contribution < -0.4 is 10.5 Å². The standard InChI is InChI=1S/C12H12ClNOS/c1-8-6-9(2-4-11(8)14)15-7-10-3-5-12(13)16-10/h2-6H,7,14H2,1H3. The van der Waals surface area contributed by atoms with Crippen molar-refractivity contribution in [2.45, 2.75) is 13.5 Å². The number of thiophene rings is 1. The van der Waals surface area contributed by atoms with Crippen LogP contribution in [-0.4, -0.2) is 0 Å². The minimum absolute atomic E-state index is 0.542. The first kappa shape index (κ1) is 11.3. The van der Waals surface area contributed by atoms with Gasteiger partial charge in [0, 0.05) is 10.6 Å². The van der Waals surface area contributed by atoms with Gasteiger partial charge in [-0.2, -0.15) is 0 Å². The van der Waals surface area contributed by atoms with Crippen LogP contribution in [0.15, 0.2) is 30.3 Å². The third-order valence-corrected chi connectivity index (χ3v) is 3.46. The van der Waals surface area contributed by atoms with Crippen LogP contribution >= 0.6 is 22.9 Å². The van der Waals surface area contributed by atoms with Crippen molar-refractivity contribution in [3.05, 3.63) is 45.1 Å². The highest BCUT2D eigenvalue weighted by Gasteiger charge is 2.01. The second-order valence-corrected chi connectivity index (χ2v) is 5.31. The molecule has 1 aromatic carbocycles. The molecule has 2 rings (SSSR count). The van der Waals surface area contributed by atoms with E-state index in [0.717, 1.165) is 26.2 Å². The Morgan fingerprint density at radius 1 is 1.31 bits per heavy atom. The van der Waals surface area contributed by atoms with Crippen LogP contribution in [0.3, 0.4) is 0 Å². The van der Waals surface area contributed by atoms with Gasteiger partial charge in [-0.1, -0.05) is 11.6 Å². The van der Waals surface area contributed by atoms with Gasteiger partial charge < -0.3 is 10.5 Å². The Balaban J connectivity index is 2.02. The molecule has 0 aliphatic rings. The second-order valence-electron chi connectivity index (χ2n) is 3.51. The first-order valence-corrected chi connectivity index (χ1v) is 6.08. The maximum atomic E-state index is 5.83. The predicted octanol–water partition coefficient (Wildman–Crippen LogP) is 3.87. The monoisotopic (exact) mass is 253 g/mol. The molecule has 2 N–H and O–H groups in total. The van der Waals surface area contributed by atoms with Crippen molar-refractivity contribution >= 4 is 28.6 Å². The number of rotatable bonds is 3. The van der Waals surface area contributed by atoms with Crippen molar-refractivity contribution in [1.29, 1.82) is 0 Å². The highest BCUT2D eigenvalue weighted by Crippen LogP contribution is 2.24. The molecule has 0 bridgehead atoms. The van der Waals surface area contributed by atoms with Gasteiger partial charge >= 0.3 is 0 Å². The van der Waals surface area contributed by atoms with Crippen LogP contribution in [-0.2, 0) is 6.61 Å². The molecule has 84 valence electrons. The average Bonchev–Trinajstić information content (AvgIpc) is 2.66. The number of halogens is 1. The van der Waals surface area contributed by atoms with E-state index >= 15 is 0 Å². The van der Waals surface area contributed by atoms with E-state index < -0.39 is 0 Å². The number of nitrogens with two attached hydrogens (primary N) is 1. The van der Waals surface area contributed by atoms with Crippen LogP contribution in [0.5, 0.6) is 5.75 Å². The van der Waals surface area contributed by atoms with E-state index in [1.54, 1.807) is 0 Å². The lowest BCUT2D eigenvalue weighted by Gasteiger charge is -2.06. The topological polar surface area (TPSA) is 35.2 Å². The lowest BCUT2D eigenvalue weighted by atomic mass is 10.2. The molecule has 1 aromatic heterocycles. The van der Waals surface area contributed by atoms with E-state index in [2.05, 4.69) is 0 Å². The molecule has 0 atom stereocenters. The lowest BCUT2D eigenvalue weighted by molar-refractivity contribution is 0.309. The molecule has 0 aliphatic heterocycles. The van der Waals surface area contributed by atoms with Gasteiger partial charge in [0.15, 0.2) is 0 Å². The fourth-order valence-electron chi connectivity index (χ4n) is 1.32. The predicted molar refractivity (Wildman–Crippen MR) is 69.3 cm³/mol. The summed E-state index contributed by atoms with van der Waals surface area (Å²) in [5.74, 6) is 0.830. The number of ether oxygens (including phenoxy) is 1. The normalized spacial score (nSPS) is 10.4. The Morgan fingerprint density at radius 2 is 2.12 bits per heavy atom. The second kappa shape index (κ2) is 4.76. The van der Waals surface area contributed by atoms with Gasteiger partial charge in [0.2, 0.25) is 0 Å². The molecule has 2 aromatic rings. The van der Waals surface area contributed by atoms with Crippen molar-refractivity contribution in [2.75, 3.05) is 5.73 Å². The Morgan fingerprint density at radius 3 is 2.75 bits per heavy atom. The quantitative estimate of drug-likeness (QED) is 0.843. The Hall–Kier alpha value is -1.19. The third-order valence-electron chi connectivity index (χ3n) is 2.25. The van der Waals surface area contributed by atoms with Crippen molar-refractivity contribution in [2.24, 2.45) is 0 Å². The largest absolute Gasteiger partial charge is 0.488 e. The third kappa shape index (κ3) is 2.68. The van der Waals surface area contributed by atoms with E-state index in [1.165, 1.54) is 11.3 Å². The van der Waals surface area contributed by atoms with Crippen LogP contribution in [0.2, 0.25) is 4.34 Å². The number of benzene rings is 1. The molecular weight excluding hydrogens is 242 g/mol. The highest BCUT2D eigenvalue weighted by molar-refractivity contribution is 7.16. The van der Waals surface area contributed by atoms with Crippen molar-refractivity contribution < 1.29 is 4.74 Å². The molecule has 0 spiro atoms. The maximum absolute atomic E-state index is 5.83. The van der Waals surface area contributed by atoms with E-state index in [4.69, 9.17) is 22.1 Å². The Bertz CT molecular complexity index is 496. The molecule has 0 aliphatic carbocycles. The number of hydrogen-bond acceptors (Lipinski definition) is 3. The summed E-state index contributed by atoms with van der Waals surface area (Å²) in [6, 6.07) is 9.50. The molecule has 0 radical (unpaired) electrons. The summed E-state index contributed by atoms with van der Waals surface area (Å²) < 4.78 is 6.42. The Kier molecular flexibility index (Phi) is 3.36. The summed E-state index contributed by atoms with van der Waals surface area (Å²) in [6.45, 7) is 2.50. The summed E-state index contributed by atoms with van der Waals surface area (Å²) in [5.41, 5.74) is 7.54. The van der Waals surface area contributed by atoms with Gasteiger partial charge in [-0.25, -0.2) is 0 Å². The summed E-state index contributed by atoms with van der Waals surface area (Å²) in [6.07, 6.45) is 0. The SMILES string of the molecule is Cc1cc(OCc2ccc(Cl)s2)ccc1N. The molecule has 0 fully saturated rings. The zero-order chi connectivity index (χ0) is 11.5. The van der Waals surface area contributed by atoms with Crippen molar-refractivity contribution in [3.63, 3.8) is 0 Å². The van der Waals surface area contributed by atoms with Gasteiger partial charge in [0.05, 0.1) is 4.34 Å². The molecule has 0 saturated carbocycles. The van der Waals surface area contributed by atoms with Gasteiger partial charge in [-0.3, -0.25) is 0 Å². The number of nitrogen functional groups attached to an aromatic ring is 1. The molecule has 16 heavy (non-hydrogen) atoms. The highest BCUT2D eigenvalue weighted by atomic mass is 35.5. The van der Waals surface area contributed by atoms with E-state index in [1.807, 2.05) is 37.3 Å². The minimum atomic E-state index is 0.542. The first-order valence-electron chi connectivity index (χ1n) is 4.88. The van der Waals surface area contributed by atoms with E-state index in [-0.39, 0.29) is 0 Å². The fourth-order valence-corrected chi connectivity index (χ4v) is 2.32. The zero-order valence-electron chi connectivity index (χ0n) is 8.87. The number of hydrogen-bond donors (Lipinski definition) is 1. The molecule has 2 nitrogen and oxygen atoms in total. The van der Waals surface area contributed by atoms with Crippen LogP contribution in [0, 0.1) is 6.92 Å². The molecule has 0 amide bonds. The fraction of sp³-hybridized carbons (Fsp3) is 0.167. The summed E-state index contributed by atoms with van der Waals surface area (Å²) in [4.78, 5) is 1.11. The van der Waals surface area contributed by atoms with Crippen LogP contribution in [0.25, 0.3) is 0 Å². The summed E-state index contributed by atoms with van der Waals surface area (Å²) in [5, 5.41) is 0. The molecule has 4 heteroatoms. The molecule has 1 heterocycles. The lowest BCUT2D eigenvalue weighted by Crippen LogP contribution is -1.95. The first-order chi connectivity index (χ1) is 7.65. The average molecular weight is 254 g/mol.